The Labute approximate surface area is 92.4 Å². The fourth-order valence-corrected chi connectivity index (χ4v) is 1.88. The molecule has 1 unspecified atom stereocenters. The molecule has 76 valence electrons. The number of hydrogen-bond acceptors (Lipinski definition) is 2. The third-order valence-corrected chi connectivity index (χ3v) is 2.83. The first kappa shape index (κ1) is 11.2. The molecular weight excluding hydrogens is 244 g/mol. The van der Waals surface area contributed by atoms with Gasteiger partial charge in [-0.05, 0) is 40.0 Å². The molecule has 0 bridgehead atoms. The van der Waals surface area contributed by atoms with Crippen molar-refractivity contribution in [2.45, 2.75) is 19.3 Å². The lowest BCUT2D eigenvalue weighted by Crippen LogP contribution is -1.98. The summed E-state index contributed by atoms with van der Waals surface area (Å²) in [6.45, 7) is 2.00. The van der Waals surface area contributed by atoms with Crippen LogP contribution in [0.2, 0.25) is 0 Å². The summed E-state index contributed by atoms with van der Waals surface area (Å²) < 4.78 is 6.00. The number of ether oxygens (including phenoxy) is 1. The SMILES string of the molecule is CCC(C=O)c1ccc(OC)c(Br)c1. The number of carbonyl (C=O) groups excluding carboxylic acids is 1. The van der Waals surface area contributed by atoms with Crippen molar-refractivity contribution in [2.75, 3.05) is 7.11 Å². The molecule has 0 spiro atoms. The van der Waals surface area contributed by atoms with Gasteiger partial charge in [-0.3, -0.25) is 0 Å². The lowest BCUT2D eigenvalue weighted by Gasteiger charge is -2.10. The molecule has 0 N–H and O–H groups in total. The Morgan fingerprint density at radius 1 is 1.57 bits per heavy atom. The summed E-state index contributed by atoms with van der Waals surface area (Å²) in [4.78, 5) is 10.8. The van der Waals surface area contributed by atoms with Gasteiger partial charge >= 0.3 is 0 Å². The van der Waals surface area contributed by atoms with Gasteiger partial charge in [0, 0.05) is 5.92 Å². The molecule has 0 aliphatic heterocycles. The van der Waals surface area contributed by atoms with Gasteiger partial charge in [0.1, 0.15) is 12.0 Å². The van der Waals surface area contributed by atoms with Crippen LogP contribution in [-0.4, -0.2) is 13.4 Å². The third-order valence-electron chi connectivity index (χ3n) is 2.21. The molecule has 1 atom stereocenters. The number of aldehydes is 1. The van der Waals surface area contributed by atoms with E-state index in [0.29, 0.717) is 0 Å². The summed E-state index contributed by atoms with van der Waals surface area (Å²) >= 11 is 3.39. The zero-order valence-corrected chi connectivity index (χ0v) is 9.87. The fourth-order valence-electron chi connectivity index (χ4n) is 1.32. The van der Waals surface area contributed by atoms with Gasteiger partial charge in [-0.1, -0.05) is 13.0 Å². The number of hydrogen-bond donors (Lipinski definition) is 0. The second-order valence-electron chi connectivity index (χ2n) is 3.04. The standard InChI is InChI=1S/C11H13BrO2/c1-3-8(7-13)9-4-5-11(14-2)10(12)6-9/h4-8H,3H2,1-2H3. The van der Waals surface area contributed by atoms with Gasteiger partial charge in [0.05, 0.1) is 11.6 Å². The maximum atomic E-state index is 10.8. The molecule has 0 saturated heterocycles. The molecular formula is C11H13BrO2. The van der Waals surface area contributed by atoms with Gasteiger partial charge in [0.25, 0.3) is 0 Å². The van der Waals surface area contributed by atoms with Crippen LogP contribution in [0.5, 0.6) is 5.75 Å². The van der Waals surface area contributed by atoms with E-state index in [0.717, 1.165) is 28.5 Å². The highest BCUT2D eigenvalue weighted by atomic mass is 79.9. The van der Waals surface area contributed by atoms with Crippen LogP contribution in [0.4, 0.5) is 0 Å². The van der Waals surface area contributed by atoms with Gasteiger partial charge < -0.3 is 9.53 Å². The Hall–Kier alpha value is -0.830. The molecule has 0 aliphatic rings. The average molecular weight is 257 g/mol. The van der Waals surface area contributed by atoms with Crippen LogP contribution in [0.3, 0.4) is 0 Å². The Kier molecular flexibility index (Phi) is 4.14. The Morgan fingerprint density at radius 3 is 2.71 bits per heavy atom. The van der Waals surface area contributed by atoms with Gasteiger partial charge in [-0.15, -0.1) is 0 Å². The highest BCUT2D eigenvalue weighted by Gasteiger charge is 2.09. The minimum Gasteiger partial charge on any atom is -0.496 e. The predicted octanol–water partition coefficient (Wildman–Crippen LogP) is 3.15. The van der Waals surface area contributed by atoms with Crippen LogP contribution >= 0.6 is 15.9 Å². The molecule has 0 amide bonds. The molecule has 3 heteroatoms. The van der Waals surface area contributed by atoms with Gasteiger partial charge in [0.15, 0.2) is 0 Å². The summed E-state index contributed by atoms with van der Waals surface area (Å²) in [5.41, 5.74) is 1.02. The number of benzene rings is 1. The highest BCUT2D eigenvalue weighted by molar-refractivity contribution is 9.10. The Balaban J connectivity index is 3.01. The van der Waals surface area contributed by atoms with E-state index >= 15 is 0 Å². The summed E-state index contributed by atoms with van der Waals surface area (Å²) in [6.07, 6.45) is 1.80. The van der Waals surface area contributed by atoms with Crippen LogP contribution in [0.15, 0.2) is 22.7 Å². The van der Waals surface area contributed by atoms with E-state index in [-0.39, 0.29) is 5.92 Å². The summed E-state index contributed by atoms with van der Waals surface area (Å²) in [5.74, 6) is 0.770. The first-order valence-electron chi connectivity index (χ1n) is 4.51. The van der Waals surface area contributed by atoms with E-state index in [4.69, 9.17) is 4.74 Å². The monoisotopic (exact) mass is 256 g/mol. The van der Waals surface area contributed by atoms with Crippen molar-refractivity contribution in [2.24, 2.45) is 0 Å². The van der Waals surface area contributed by atoms with Gasteiger partial charge in [0.2, 0.25) is 0 Å². The smallest absolute Gasteiger partial charge is 0.133 e. The molecule has 14 heavy (non-hydrogen) atoms. The number of halogens is 1. The van der Waals surface area contributed by atoms with Crippen LogP contribution in [-0.2, 0) is 4.79 Å². The van der Waals surface area contributed by atoms with E-state index in [1.807, 2.05) is 25.1 Å². The number of rotatable bonds is 4. The Morgan fingerprint density at radius 2 is 2.29 bits per heavy atom. The van der Waals surface area contributed by atoms with Crippen molar-refractivity contribution in [3.63, 3.8) is 0 Å². The largest absolute Gasteiger partial charge is 0.496 e. The second kappa shape index (κ2) is 5.15. The van der Waals surface area contributed by atoms with E-state index in [2.05, 4.69) is 15.9 Å². The first-order valence-corrected chi connectivity index (χ1v) is 5.31. The van der Waals surface area contributed by atoms with E-state index in [1.54, 1.807) is 7.11 Å². The highest BCUT2D eigenvalue weighted by Crippen LogP contribution is 2.29. The normalized spacial score (nSPS) is 12.2. The van der Waals surface area contributed by atoms with Crippen LogP contribution in [0, 0.1) is 0 Å². The maximum Gasteiger partial charge on any atom is 0.133 e. The molecule has 1 aromatic carbocycles. The molecule has 0 aromatic heterocycles. The summed E-state index contributed by atoms with van der Waals surface area (Å²) in [6, 6.07) is 5.72. The van der Waals surface area contributed by atoms with Crippen molar-refractivity contribution in [1.82, 2.24) is 0 Å². The molecule has 1 aromatic rings. The Bertz CT molecular complexity index is 323. The molecule has 0 heterocycles. The summed E-state index contributed by atoms with van der Waals surface area (Å²) in [5, 5.41) is 0. The molecule has 2 nitrogen and oxygen atoms in total. The molecule has 1 rings (SSSR count). The van der Waals surface area contributed by atoms with E-state index in [9.17, 15) is 4.79 Å². The van der Waals surface area contributed by atoms with Crippen molar-refractivity contribution < 1.29 is 9.53 Å². The summed E-state index contributed by atoms with van der Waals surface area (Å²) in [7, 11) is 1.62. The zero-order chi connectivity index (χ0) is 10.6. The lowest BCUT2D eigenvalue weighted by molar-refractivity contribution is -0.109. The van der Waals surface area contributed by atoms with Crippen molar-refractivity contribution in [3.05, 3.63) is 28.2 Å². The fraction of sp³-hybridized carbons (Fsp3) is 0.364. The van der Waals surface area contributed by atoms with Gasteiger partial charge in [-0.25, -0.2) is 0 Å². The maximum absolute atomic E-state index is 10.8. The predicted molar refractivity (Wildman–Crippen MR) is 59.8 cm³/mol. The zero-order valence-electron chi connectivity index (χ0n) is 8.29. The molecule has 0 fully saturated rings. The van der Waals surface area contributed by atoms with Crippen molar-refractivity contribution in [1.29, 1.82) is 0 Å². The lowest BCUT2D eigenvalue weighted by atomic mass is 9.98. The average Bonchev–Trinajstić information content (AvgIpc) is 2.20. The van der Waals surface area contributed by atoms with E-state index in [1.165, 1.54) is 0 Å². The quantitative estimate of drug-likeness (QED) is 0.774. The van der Waals surface area contributed by atoms with Crippen molar-refractivity contribution in [3.8, 4) is 5.75 Å². The second-order valence-corrected chi connectivity index (χ2v) is 3.90. The molecule has 0 saturated carbocycles. The number of carbonyl (C=O) groups is 1. The third kappa shape index (κ3) is 2.35. The number of methoxy groups -OCH3 is 1. The first-order chi connectivity index (χ1) is 6.72. The van der Waals surface area contributed by atoms with Crippen LogP contribution in [0.25, 0.3) is 0 Å². The van der Waals surface area contributed by atoms with Crippen LogP contribution in [0.1, 0.15) is 24.8 Å². The minimum absolute atomic E-state index is 0.0165. The van der Waals surface area contributed by atoms with E-state index < -0.39 is 0 Å². The van der Waals surface area contributed by atoms with Gasteiger partial charge in [-0.2, -0.15) is 0 Å². The van der Waals surface area contributed by atoms with Crippen LogP contribution < -0.4 is 4.74 Å². The molecule has 0 radical (unpaired) electrons. The molecule has 0 aliphatic carbocycles. The van der Waals surface area contributed by atoms with Crippen molar-refractivity contribution >= 4 is 22.2 Å². The topological polar surface area (TPSA) is 26.3 Å². The minimum atomic E-state index is -0.0165.